The first-order chi connectivity index (χ1) is 6.77. The lowest BCUT2D eigenvalue weighted by molar-refractivity contribution is 0.1000. The predicted molar refractivity (Wildman–Crippen MR) is 55.2 cm³/mol. The van der Waals surface area contributed by atoms with Gasteiger partial charge in [0.2, 0.25) is 5.91 Å². The Morgan fingerprint density at radius 3 is 3.00 bits per heavy atom. The van der Waals surface area contributed by atoms with E-state index < -0.39 is 0 Å². The van der Waals surface area contributed by atoms with Gasteiger partial charge in [-0.1, -0.05) is 0 Å². The Hall–Kier alpha value is -1.55. The summed E-state index contributed by atoms with van der Waals surface area (Å²) in [5, 5.41) is 6.53. The Morgan fingerprint density at radius 2 is 2.21 bits per heavy atom. The molecule has 4 heteroatoms. The summed E-state index contributed by atoms with van der Waals surface area (Å²) in [6.07, 6.45) is 0. The van der Waals surface area contributed by atoms with Crippen molar-refractivity contribution in [1.29, 1.82) is 0 Å². The molecule has 0 atom stereocenters. The third kappa shape index (κ3) is 1.70. The van der Waals surface area contributed by atoms with Crippen LogP contribution in [0.4, 0.5) is 5.69 Å². The van der Waals surface area contributed by atoms with Gasteiger partial charge in [0.05, 0.1) is 0 Å². The number of primary amides is 1. The summed E-state index contributed by atoms with van der Waals surface area (Å²) >= 11 is 0. The Morgan fingerprint density at radius 1 is 1.36 bits per heavy atom. The van der Waals surface area contributed by atoms with Crippen LogP contribution in [0.1, 0.15) is 15.9 Å². The summed E-state index contributed by atoms with van der Waals surface area (Å²) in [5.74, 6) is -0.378. The molecule has 0 saturated carbocycles. The van der Waals surface area contributed by atoms with Crippen molar-refractivity contribution in [1.82, 2.24) is 5.32 Å². The molecule has 1 aliphatic rings. The largest absolute Gasteiger partial charge is 0.384 e. The zero-order valence-electron chi connectivity index (χ0n) is 7.84. The highest BCUT2D eigenvalue weighted by Crippen LogP contribution is 2.18. The predicted octanol–water partition coefficient (Wildman–Crippen LogP) is 0.301. The van der Waals surface area contributed by atoms with Crippen LogP contribution in [0.3, 0.4) is 0 Å². The maximum atomic E-state index is 11.0. The van der Waals surface area contributed by atoms with Gasteiger partial charge in [0.1, 0.15) is 0 Å². The summed E-state index contributed by atoms with van der Waals surface area (Å²) < 4.78 is 0. The van der Waals surface area contributed by atoms with Crippen LogP contribution in [0.25, 0.3) is 0 Å². The number of anilines is 1. The van der Waals surface area contributed by atoms with Crippen LogP contribution in [0, 0.1) is 0 Å². The molecule has 0 fully saturated rings. The van der Waals surface area contributed by atoms with Crippen molar-refractivity contribution < 1.29 is 4.79 Å². The van der Waals surface area contributed by atoms with E-state index in [0.717, 1.165) is 30.9 Å². The molecular weight excluding hydrogens is 178 g/mol. The molecule has 0 aromatic heterocycles. The molecule has 0 unspecified atom stereocenters. The third-order valence-corrected chi connectivity index (χ3v) is 2.32. The maximum Gasteiger partial charge on any atom is 0.248 e. The summed E-state index contributed by atoms with van der Waals surface area (Å²) in [5.41, 5.74) is 7.95. The summed E-state index contributed by atoms with van der Waals surface area (Å²) in [4.78, 5) is 11.0. The summed E-state index contributed by atoms with van der Waals surface area (Å²) in [6.45, 7) is 2.62. The molecule has 2 rings (SSSR count). The highest BCUT2D eigenvalue weighted by molar-refractivity contribution is 5.93. The number of carbonyl (C=O) groups is 1. The second kappa shape index (κ2) is 3.67. The first-order valence-corrected chi connectivity index (χ1v) is 4.65. The molecule has 0 aliphatic carbocycles. The first-order valence-electron chi connectivity index (χ1n) is 4.65. The number of carbonyl (C=O) groups excluding carboxylic acids is 1. The molecule has 1 amide bonds. The fourth-order valence-corrected chi connectivity index (χ4v) is 1.57. The standard InChI is InChI=1S/C10H13N3O/c11-10(14)7-1-2-9-8(5-7)6-12-3-4-13-9/h1-2,5,12-13H,3-4,6H2,(H2,11,14). The molecule has 4 nitrogen and oxygen atoms in total. The van der Waals surface area contributed by atoms with Crippen molar-refractivity contribution in [3.05, 3.63) is 29.3 Å². The molecule has 0 saturated heterocycles. The molecule has 0 spiro atoms. The lowest BCUT2D eigenvalue weighted by Crippen LogP contribution is -2.17. The minimum absolute atomic E-state index is 0.378. The molecule has 1 aliphatic heterocycles. The topological polar surface area (TPSA) is 67.2 Å². The number of amides is 1. The molecule has 0 bridgehead atoms. The van der Waals surface area contributed by atoms with E-state index in [0.29, 0.717) is 5.56 Å². The average Bonchev–Trinajstić information content (AvgIpc) is 2.41. The van der Waals surface area contributed by atoms with Gasteiger partial charge in [0.15, 0.2) is 0 Å². The Kier molecular flexibility index (Phi) is 2.37. The number of hydrogen-bond acceptors (Lipinski definition) is 3. The molecule has 0 radical (unpaired) electrons. The number of benzene rings is 1. The number of rotatable bonds is 1. The van der Waals surface area contributed by atoms with Crippen molar-refractivity contribution >= 4 is 11.6 Å². The SMILES string of the molecule is NC(=O)c1ccc2c(c1)CNCCN2. The van der Waals surface area contributed by atoms with Gasteiger partial charge >= 0.3 is 0 Å². The quantitative estimate of drug-likeness (QED) is 0.598. The van der Waals surface area contributed by atoms with Crippen LogP contribution in [0.15, 0.2) is 18.2 Å². The Bertz CT molecular complexity index is 362. The van der Waals surface area contributed by atoms with E-state index in [-0.39, 0.29) is 5.91 Å². The highest BCUT2D eigenvalue weighted by Gasteiger charge is 2.08. The van der Waals surface area contributed by atoms with Crippen molar-refractivity contribution in [2.24, 2.45) is 5.73 Å². The Balaban J connectivity index is 2.37. The second-order valence-corrected chi connectivity index (χ2v) is 3.34. The van der Waals surface area contributed by atoms with E-state index in [4.69, 9.17) is 5.73 Å². The van der Waals surface area contributed by atoms with Gasteiger partial charge < -0.3 is 16.4 Å². The normalized spacial score (nSPS) is 15.1. The van der Waals surface area contributed by atoms with Gasteiger partial charge in [-0.25, -0.2) is 0 Å². The number of nitrogens with two attached hydrogens (primary N) is 1. The zero-order valence-corrected chi connectivity index (χ0v) is 7.84. The second-order valence-electron chi connectivity index (χ2n) is 3.34. The van der Waals surface area contributed by atoms with E-state index in [1.165, 1.54) is 0 Å². The van der Waals surface area contributed by atoms with E-state index in [2.05, 4.69) is 10.6 Å². The van der Waals surface area contributed by atoms with Crippen LogP contribution in [0.5, 0.6) is 0 Å². The van der Waals surface area contributed by atoms with Crippen LogP contribution < -0.4 is 16.4 Å². The minimum Gasteiger partial charge on any atom is -0.384 e. The smallest absolute Gasteiger partial charge is 0.248 e. The molecule has 1 aromatic carbocycles. The number of hydrogen-bond donors (Lipinski definition) is 3. The fraction of sp³-hybridized carbons (Fsp3) is 0.300. The highest BCUT2D eigenvalue weighted by atomic mass is 16.1. The zero-order chi connectivity index (χ0) is 9.97. The van der Waals surface area contributed by atoms with Crippen LogP contribution >= 0.6 is 0 Å². The van der Waals surface area contributed by atoms with Gasteiger partial charge in [-0.3, -0.25) is 4.79 Å². The van der Waals surface area contributed by atoms with Crippen LogP contribution in [0.2, 0.25) is 0 Å². The van der Waals surface area contributed by atoms with Crippen molar-refractivity contribution in [2.45, 2.75) is 6.54 Å². The van der Waals surface area contributed by atoms with E-state index in [1.807, 2.05) is 12.1 Å². The molecular formula is C10H13N3O. The van der Waals surface area contributed by atoms with Gasteiger partial charge in [0.25, 0.3) is 0 Å². The molecule has 4 N–H and O–H groups in total. The molecule has 1 heterocycles. The molecule has 14 heavy (non-hydrogen) atoms. The average molecular weight is 191 g/mol. The summed E-state index contributed by atoms with van der Waals surface area (Å²) in [7, 11) is 0. The van der Waals surface area contributed by atoms with Crippen molar-refractivity contribution in [3.8, 4) is 0 Å². The van der Waals surface area contributed by atoms with Crippen LogP contribution in [-0.4, -0.2) is 19.0 Å². The molecule has 1 aromatic rings. The monoisotopic (exact) mass is 191 g/mol. The summed E-state index contributed by atoms with van der Waals surface area (Å²) in [6, 6.07) is 5.49. The lowest BCUT2D eigenvalue weighted by atomic mass is 10.1. The van der Waals surface area contributed by atoms with Crippen LogP contribution in [-0.2, 0) is 6.54 Å². The molecule has 74 valence electrons. The number of nitrogens with one attached hydrogen (secondary N) is 2. The van der Waals surface area contributed by atoms with Gasteiger partial charge in [-0.15, -0.1) is 0 Å². The van der Waals surface area contributed by atoms with Crippen molar-refractivity contribution in [3.63, 3.8) is 0 Å². The van der Waals surface area contributed by atoms with E-state index >= 15 is 0 Å². The van der Waals surface area contributed by atoms with Gasteiger partial charge in [-0.05, 0) is 23.8 Å². The first kappa shape index (κ1) is 9.02. The van der Waals surface area contributed by atoms with Gasteiger partial charge in [0, 0.05) is 30.9 Å². The lowest BCUT2D eigenvalue weighted by Gasteiger charge is -2.07. The number of fused-ring (bicyclic) bond motifs is 1. The maximum absolute atomic E-state index is 11.0. The Labute approximate surface area is 82.5 Å². The minimum atomic E-state index is -0.378. The fourth-order valence-electron chi connectivity index (χ4n) is 1.57. The van der Waals surface area contributed by atoms with Crippen molar-refractivity contribution in [2.75, 3.05) is 18.4 Å². The van der Waals surface area contributed by atoms with E-state index in [1.54, 1.807) is 6.07 Å². The third-order valence-electron chi connectivity index (χ3n) is 2.32. The van der Waals surface area contributed by atoms with E-state index in [9.17, 15) is 4.79 Å². The van der Waals surface area contributed by atoms with Gasteiger partial charge in [-0.2, -0.15) is 0 Å².